The number of rotatable bonds is 11. The minimum Gasteiger partial charge on any atom is -0.480 e. The third kappa shape index (κ3) is 7.05. The maximum absolute atomic E-state index is 12.5. The first-order chi connectivity index (χ1) is 17.0. The number of hydrogen-bond donors (Lipinski definition) is 2. The number of amides is 1. The summed E-state index contributed by atoms with van der Waals surface area (Å²) >= 11 is 0. The second-order valence-corrected chi connectivity index (χ2v) is 7.97. The molecule has 0 bridgehead atoms. The highest BCUT2D eigenvalue weighted by Crippen LogP contribution is 2.44. The lowest BCUT2D eigenvalue weighted by Crippen LogP contribution is -2.41. The zero-order chi connectivity index (χ0) is 25.0. The molecule has 2 aromatic carbocycles. The number of aliphatic carboxylic acids is 1. The Morgan fingerprint density at radius 1 is 0.914 bits per heavy atom. The summed E-state index contributed by atoms with van der Waals surface area (Å²) < 4.78 is 5.46. The van der Waals surface area contributed by atoms with Crippen LogP contribution in [0.1, 0.15) is 23.5 Å². The highest BCUT2D eigenvalue weighted by Gasteiger charge is 2.29. The smallest absolute Gasteiger partial charge is 0.407 e. The van der Waals surface area contributed by atoms with Gasteiger partial charge in [0, 0.05) is 12.3 Å². The summed E-state index contributed by atoms with van der Waals surface area (Å²) in [5.41, 5.74) is 5.00. The van der Waals surface area contributed by atoms with Crippen LogP contribution in [0.5, 0.6) is 0 Å². The fraction of sp³-hybridized carbons (Fsp3) is 0.133. The number of alkyl carbamates (subject to hydrolysis) is 1. The van der Waals surface area contributed by atoms with Crippen LogP contribution in [-0.4, -0.2) is 29.8 Å². The maximum atomic E-state index is 12.5. The summed E-state index contributed by atoms with van der Waals surface area (Å²) in [6.45, 7) is 7.59. The Morgan fingerprint density at radius 3 is 2.03 bits per heavy atom. The van der Waals surface area contributed by atoms with E-state index in [1.807, 2.05) is 66.8 Å². The Morgan fingerprint density at radius 2 is 1.46 bits per heavy atom. The fourth-order valence-electron chi connectivity index (χ4n) is 3.90. The van der Waals surface area contributed by atoms with Gasteiger partial charge in [0.05, 0.1) is 0 Å². The Kier molecular flexibility index (Phi) is 9.20. The van der Waals surface area contributed by atoms with Crippen LogP contribution in [0.15, 0.2) is 122 Å². The molecule has 3 rings (SSSR count). The number of hydrogen-bond acceptors (Lipinski definition) is 3. The molecule has 0 fully saturated rings. The largest absolute Gasteiger partial charge is 0.480 e. The third-order valence-corrected chi connectivity index (χ3v) is 5.53. The SMILES string of the molecule is C=C\C=C/C=C\C=C/C=C\C(=C)C[C@H](NC(=O)OCC1c2ccccc2-c2ccccc21)C(=O)O. The molecule has 0 aromatic heterocycles. The summed E-state index contributed by atoms with van der Waals surface area (Å²) in [4.78, 5) is 24.1. The quantitative estimate of drug-likeness (QED) is 0.378. The van der Waals surface area contributed by atoms with Gasteiger partial charge in [-0.25, -0.2) is 9.59 Å². The Bertz CT molecular complexity index is 1160. The van der Waals surface area contributed by atoms with Crippen molar-refractivity contribution < 1.29 is 19.4 Å². The number of carbonyl (C=O) groups excluding carboxylic acids is 1. The second-order valence-electron chi connectivity index (χ2n) is 7.97. The lowest BCUT2D eigenvalue weighted by Gasteiger charge is -2.17. The van der Waals surface area contributed by atoms with Crippen LogP contribution < -0.4 is 5.32 Å². The van der Waals surface area contributed by atoms with Crippen LogP contribution in [0.25, 0.3) is 11.1 Å². The molecule has 5 heteroatoms. The molecule has 1 aliphatic rings. The molecule has 1 aliphatic carbocycles. The topological polar surface area (TPSA) is 75.6 Å². The first-order valence-electron chi connectivity index (χ1n) is 11.3. The van der Waals surface area contributed by atoms with Gasteiger partial charge in [-0.2, -0.15) is 0 Å². The van der Waals surface area contributed by atoms with Gasteiger partial charge in [0.25, 0.3) is 0 Å². The molecule has 0 heterocycles. The number of nitrogens with one attached hydrogen (secondary N) is 1. The lowest BCUT2D eigenvalue weighted by atomic mass is 9.98. The van der Waals surface area contributed by atoms with Gasteiger partial charge >= 0.3 is 12.1 Å². The normalized spacial score (nSPS) is 13.8. The molecule has 35 heavy (non-hydrogen) atoms. The van der Waals surface area contributed by atoms with E-state index in [1.54, 1.807) is 24.3 Å². The number of ether oxygens (including phenoxy) is 1. The summed E-state index contributed by atoms with van der Waals surface area (Å²) in [6, 6.07) is 14.9. The summed E-state index contributed by atoms with van der Waals surface area (Å²) in [6.07, 6.45) is 15.5. The Balaban J connectivity index is 1.54. The van der Waals surface area contributed by atoms with Crippen LogP contribution in [0, 0.1) is 0 Å². The van der Waals surface area contributed by atoms with Gasteiger partial charge in [-0.15, -0.1) is 0 Å². The van der Waals surface area contributed by atoms with Crippen molar-refractivity contribution >= 4 is 12.1 Å². The van der Waals surface area contributed by atoms with E-state index in [0.29, 0.717) is 5.57 Å². The molecule has 1 amide bonds. The van der Waals surface area contributed by atoms with Crippen molar-refractivity contribution in [1.29, 1.82) is 0 Å². The average molecular weight is 468 g/mol. The minimum atomic E-state index is -1.15. The molecule has 0 radical (unpaired) electrons. The molecule has 0 spiro atoms. The van der Waals surface area contributed by atoms with Crippen molar-refractivity contribution in [2.24, 2.45) is 0 Å². The molecule has 2 N–H and O–H groups in total. The van der Waals surface area contributed by atoms with Crippen LogP contribution >= 0.6 is 0 Å². The molecule has 0 saturated carbocycles. The fourth-order valence-corrected chi connectivity index (χ4v) is 3.90. The van der Waals surface area contributed by atoms with Gasteiger partial charge in [0.15, 0.2) is 0 Å². The average Bonchev–Trinajstić information content (AvgIpc) is 3.17. The standard InChI is InChI=1S/C30H29NO4/c1-3-4-5-6-7-8-9-10-15-22(2)20-28(29(32)33)31-30(34)35-21-27-25-18-13-11-16-23(25)24-17-12-14-19-26(24)27/h3-19,27-28H,1-2,20-21H2,(H,31,34)(H,32,33)/b5-4-,7-6-,9-8-,15-10-/t28-/m0/s1. The molecule has 0 aliphatic heterocycles. The van der Waals surface area contributed by atoms with Gasteiger partial charge in [-0.05, 0) is 22.3 Å². The van der Waals surface area contributed by atoms with Gasteiger partial charge in [0.2, 0.25) is 0 Å². The van der Waals surface area contributed by atoms with Crippen molar-refractivity contribution in [3.05, 3.63) is 133 Å². The van der Waals surface area contributed by atoms with E-state index < -0.39 is 18.1 Å². The van der Waals surface area contributed by atoms with Gasteiger partial charge in [-0.3, -0.25) is 0 Å². The summed E-state index contributed by atoms with van der Waals surface area (Å²) in [5.74, 6) is -1.25. The molecular weight excluding hydrogens is 438 g/mol. The van der Waals surface area contributed by atoms with E-state index in [0.717, 1.165) is 22.3 Å². The van der Waals surface area contributed by atoms with Crippen LogP contribution in [0.2, 0.25) is 0 Å². The number of fused-ring (bicyclic) bond motifs is 3. The predicted molar refractivity (Wildman–Crippen MR) is 140 cm³/mol. The van der Waals surface area contributed by atoms with E-state index in [2.05, 4.69) is 30.6 Å². The van der Waals surface area contributed by atoms with Crippen molar-refractivity contribution in [2.45, 2.75) is 18.4 Å². The first kappa shape index (κ1) is 25.2. The van der Waals surface area contributed by atoms with E-state index in [-0.39, 0.29) is 18.9 Å². The van der Waals surface area contributed by atoms with Gasteiger partial charge < -0.3 is 15.2 Å². The first-order valence-corrected chi connectivity index (χ1v) is 11.3. The van der Waals surface area contributed by atoms with Gasteiger partial charge in [-0.1, -0.05) is 122 Å². The van der Waals surface area contributed by atoms with E-state index in [4.69, 9.17) is 4.74 Å². The van der Waals surface area contributed by atoms with Crippen LogP contribution in [0.4, 0.5) is 4.79 Å². The van der Waals surface area contributed by atoms with E-state index >= 15 is 0 Å². The molecule has 1 atom stereocenters. The lowest BCUT2D eigenvalue weighted by molar-refractivity contribution is -0.139. The van der Waals surface area contributed by atoms with Gasteiger partial charge in [0.1, 0.15) is 12.6 Å². The summed E-state index contributed by atoms with van der Waals surface area (Å²) in [5, 5.41) is 12.0. The van der Waals surface area contributed by atoms with Crippen molar-refractivity contribution in [3.8, 4) is 11.1 Å². The molecule has 5 nitrogen and oxygen atoms in total. The zero-order valence-corrected chi connectivity index (χ0v) is 19.5. The van der Waals surface area contributed by atoms with E-state index in [9.17, 15) is 14.7 Å². The molecule has 0 unspecified atom stereocenters. The zero-order valence-electron chi connectivity index (χ0n) is 19.5. The van der Waals surface area contributed by atoms with Crippen LogP contribution in [-0.2, 0) is 9.53 Å². The number of benzene rings is 2. The maximum Gasteiger partial charge on any atom is 0.407 e. The third-order valence-electron chi connectivity index (χ3n) is 5.53. The predicted octanol–water partition coefficient (Wildman–Crippen LogP) is 6.34. The summed E-state index contributed by atoms with van der Waals surface area (Å²) in [7, 11) is 0. The molecule has 2 aromatic rings. The van der Waals surface area contributed by atoms with Crippen molar-refractivity contribution in [3.63, 3.8) is 0 Å². The Hall–Kier alpha value is -4.38. The number of carboxylic acids is 1. The second kappa shape index (κ2) is 12.8. The van der Waals surface area contributed by atoms with E-state index in [1.165, 1.54) is 0 Å². The molecular formula is C30H29NO4. The van der Waals surface area contributed by atoms with Crippen molar-refractivity contribution in [1.82, 2.24) is 5.32 Å². The Labute approximate surface area is 206 Å². The molecule has 178 valence electrons. The highest BCUT2D eigenvalue weighted by molar-refractivity contribution is 5.81. The van der Waals surface area contributed by atoms with Crippen LogP contribution in [0.3, 0.4) is 0 Å². The highest BCUT2D eigenvalue weighted by atomic mass is 16.5. The van der Waals surface area contributed by atoms with Crippen molar-refractivity contribution in [2.75, 3.05) is 6.61 Å². The minimum absolute atomic E-state index is 0.0573. The monoisotopic (exact) mass is 467 g/mol. The molecule has 0 saturated heterocycles. The number of carbonyl (C=O) groups is 2. The number of allylic oxidation sites excluding steroid dienone is 9. The number of carboxylic acid groups (broad SMARTS) is 1.